The molecule has 0 aliphatic rings. The Morgan fingerprint density at radius 1 is 1.27 bits per heavy atom. The topological polar surface area (TPSA) is 29.0 Å². The lowest BCUT2D eigenvalue weighted by Gasteiger charge is -2.20. The third-order valence-corrected chi connectivity index (χ3v) is 2.60. The second-order valence-corrected chi connectivity index (χ2v) is 3.73. The number of rotatable bonds is 6. The third kappa shape index (κ3) is 3.67. The van der Waals surface area contributed by atoms with Crippen molar-refractivity contribution in [1.82, 2.24) is 9.97 Å². The molecule has 4 heteroatoms. The molecule has 0 unspecified atom stereocenters. The molecule has 3 nitrogen and oxygen atoms in total. The van der Waals surface area contributed by atoms with Gasteiger partial charge in [-0.05, 0) is 13.3 Å². The number of anilines is 1. The molecule has 0 atom stereocenters. The number of aromatic nitrogens is 2. The van der Waals surface area contributed by atoms with Crippen molar-refractivity contribution >= 4 is 17.5 Å². The Bertz CT molecular complexity index is 274. The zero-order valence-electron chi connectivity index (χ0n) is 9.41. The fourth-order valence-electron chi connectivity index (χ4n) is 1.33. The van der Waals surface area contributed by atoms with E-state index in [4.69, 9.17) is 11.6 Å². The summed E-state index contributed by atoms with van der Waals surface area (Å²) in [5.41, 5.74) is 0.965. The van der Waals surface area contributed by atoms with Gasteiger partial charge in [0.1, 0.15) is 0 Å². The summed E-state index contributed by atoms with van der Waals surface area (Å²) in [6, 6.07) is 0. The molecule has 84 valence electrons. The summed E-state index contributed by atoms with van der Waals surface area (Å²) in [7, 11) is 0. The number of hydrogen-bond acceptors (Lipinski definition) is 3. The molecule has 0 radical (unpaired) electrons. The van der Waals surface area contributed by atoms with Crippen molar-refractivity contribution in [3.05, 3.63) is 18.0 Å². The zero-order valence-corrected chi connectivity index (χ0v) is 10.2. The van der Waals surface area contributed by atoms with Crippen LogP contribution < -0.4 is 4.90 Å². The maximum absolute atomic E-state index is 5.68. The molecular weight excluding hydrogens is 210 g/mol. The highest BCUT2D eigenvalue weighted by Crippen LogP contribution is 2.09. The molecule has 0 saturated heterocycles. The summed E-state index contributed by atoms with van der Waals surface area (Å²) < 4.78 is 0. The fourth-order valence-corrected chi connectivity index (χ4v) is 1.47. The third-order valence-electron chi connectivity index (χ3n) is 2.29. The highest BCUT2D eigenvalue weighted by atomic mass is 35.5. The Morgan fingerprint density at radius 2 is 1.93 bits per heavy atom. The lowest BCUT2D eigenvalue weighted by Crippen LogP contribution is -2.25. The quantitative estimate of drug-likeness (QED) is 0.700. The van der Waals surface area contributed by atoms with Crippen LogP contribution in [-0.2, 0) is 5.88 Å². The molecule has 0 bridgehead atoms. The molecule has 1 rings (SSSR count). The summed E-state index contributed by atoms with van der Waals surface area (Å²) in [6.07, 6.45) is 5.96. The first kappa shape index (κ1) is 12.2. The SMILES string of the molecule is CCCCN(CC)c1ncc(CCl)cn1. The number of hydrogen-bond donors (Lipinski definition) is 0. The van der Waals surface area contributed by atoms with Crippen molar-refractivity contribution < 1.29 is 0 Å². The first-order valence-corrected chi connectivity index (χ1v) is 5.97. The second kappa shape index (κ2) is 6.62. The van der Waals surface area contributed by atoms with Crippen LogP contribution in [0.25, 0.3) is 0 Å². The van der Waals surface area contributed by atoms with Crippen LogP contribution >= 0.6 is 11.6 Å². The molecule has 1 aromatic rings. The van der Waals surface area contributed by atoms with Crippen LogP contribution in [0.2, 0.25) is 0 Å². The monoisotopic (exact) mass is 227 g/mol. The Morgan fingerprint density at radius 3 is 2.40 bits per heavy atom. The van der Waals surface area contributed by atoms with Gasteiger partial charge in [-0.1, -0.05) is 13.3 Å². The van der Waals surface area contributed by atoms with Crippen LogP contribution in [0.1, 0.15) is 32.3 Å². The molecule has 0 aliphatic carbocycles. The van der Waals surface area contributed by atoms with Gasteiger partial charge in [-0.3, -0.25) is 0 Å². The maximum atomic E-state index is 5.68. The first-order valence-electron chi connectivity index (χ1n) is 5.43. The van der Waals surface area contributed by atoms with Crippen molar-refractivity contribution in [3.63, 3.8) is 0 Å². The standard InChI is InChI=1S/C11H18ClN3/c1-3-5-6-15(4-2)11-13-8-10(7-12)9-14-11/h8-9H,3-7H2,1-2H3. The van der Waals surface area contributed by atoms with E-state index in [0.717, 1.165) is 24.6 Å². The van der Waals surface area contributed by atoms with Crippen LogP contribution in [0.15, 0.2) is 12.4 Å². The molecule has 0 aromatic carbocycles. The predicted molar refractivity (Wildman–Crippen MR) is 64.4 cm³/mol. The van der Waals surface area contributed by atoms with Gasteiger partial charge in [-0.15, -0.1) is 11.6 Å². The van der Waals surface area contributed by atoms with Crippen molar-refractivity contribution in [2.45, 2.75) is 32.6 Å². The lowest BCUT2D eigenvalue weighted by atomic mass is 10.3. The van der Waals surface area contributed by atoms with Crippen LogP contribution in [0.4, 0.5) is 5.95 Å². The zero-order chi connectivity index (χ0) is 11.1. The normalized spacial score (nSPS) is 10.3. The van der Waals surface area contributed by atoms with Crippen molar-refractivity contribution in [1.29, 1.82) is 0 Å². The Kier molecular flexibility index (Phi) is 5.40. The average molecular weight is 228 g/mol. The van der Waals surface area contributed by atoms with Gasteiger partial charge in [0, 0.05) is 31.0 Å². The molecule has 1 aromatic heterocycles. The highest BCUT2D eigenvalue weighted by molar-refractivity contribution is 6.17. The molecular formula is C11H18ClN3. The van der Waals surface area contributed by atoms with E-state index in [2.05, 4.69) is 28.7 Å². The molecule has 0 saturated carbocycles. The molecule has 0 N–H and O–H groups in total. The van der Waals surface area contributed by atoms with E-state index in [-0.39, 0.29) is 0 Å². The van der Waals surface area contributed by atoms with Gasteiger partial charge in [-0.25, -0.2) is 9.97 Å². The van der Waals surface area contributed by atoms with Crippen molar-refractivity contribution in [2.24, 2.45) is 0 Å². The van der Waals surface area contributed by atoms with Crippen molar-refractivity contribution in [3.8, 4) is 0 Å². The van der Waals surface area contributed by atoms with Crippen molar-refractivity contribution in [2.75, 3.05) is 18.0 Å². The van der Waals surface area contributed by atoms with E-state index in [1.54, 1.807) is 12.4 Å². The predicted octanol–water partition coefficient (Wildman–Crippen LogP) is 2.84. The number of nitrogens with zero attached hydrogens (tertiary/aromatic N) is 3. The highest BCUT2D eigenvalue weighted by Gasteiger charge is 2.05. The van der Waals surface area contributed by atoms with Crippen LogP contribution in [0.3, 0.4) is 0 Å². The van der Waals surface area contributed by atoms with Gasteiger partial charge in [0.15, 0.2) is 0 Å². The van der Waals surface area contributed by atoms with Gasteiger partial charge >= 0.3 is 0 Å². The van der Waals surface area contributed by atoms with E-state index >= 15 is 0 Å². The Balaban J connectivity index is 2.65. The first-order chi connectivity index (χ1) is 7.31. The molecule has 0 fully saturated rings. The van der Waals surface area contributed by atoms with Gasteiger partial charge in [0.2, 0.25) is 5.95 Å². The van der Waals surface area contributed by atoms with Gasteiger partial charge in [-0.2, -0.15) is 0 Å². The Hall–Kier alpha value is -0.830. The van der Waals surface area contributed by atoms with Gasteiger partial charge < -0.3 is 4.90 Å². The minimum absolute atomic E-state index is 0.474. The summed E-state index contributed by atoms with van der Waals surface area (Å²) in [4.78, 5) is 10.8. The molecule has 0 amide bonds. The Labute approximate surface area is 96.5 Å². The number of alkyl halides is 1. The van der Waals surface area contributed by atoms with E-state index in [1.807, 2.05) is 0 Å². The van der Waals surface area contributed by atoms with Gasteiger partial charge in [0.25, 0.3) is 0 Å². The summed E-state index contributed by atoms with van der Waals surface area (Å²) in [5.74, 6) is 1.28. The van der Waals surface area contributed by atoms with E-state index in [9.17, 15) is 0 Å². The molecule has 0 spiro atoms. The summed E-state index contributed by atoms with van der Waals surface area (Å²) >= 11 is 5.68. The smallest absolute Gasteiger partial charge is 0.225 e. The summed E-state index contributed by atoms with van der Waals surface area (Å²) in [5, 5.41) is 0. The number of halogens is 1. The van der Waals surface area contributed by atoms with Crippen LogP contribution in [-0.4, -0.2) is 23.1 Å². The maximum Gasteiger partial charge on any atom is 0.225 e. The molecule has 15 heavy (non-hydrogen) atoms. The van der Waals surface area contributed by atoms with E-state index < -0.39 is 0 Å². The summed E-state index contributed by atoms with van der Waals surface area (Å²) in [6.45, 7) is 6.27. The average Bonchev–Trinajstić information content (AvgIpc) is 2.31. The molecule has 0 aliphatic heterocycles. The van der Waals surface area contributed by atoms with Gasteiger partial charge in [0.05, 0.1) is 5.88 Å². The number of unbranched alkanes of at least 4 members (excludes halogenated alkanes) is 1. The lowest BCUT2D eigenvalue weighted by molar-refractivity contribution is 0.713. The molecule has 1 heterocycles. The minimum atomic E-state index is 0.474. The van der Waals surface area contributed by atoms with E-state index in [1.165, 1.54) is 12.8 Å². The van der Waals surface area contributed by atoms with Crippen LogP contribution in [0, 0.1) is 0 Å². The second-order valence-electron chi connectivity index (χ2n) is 3.46. The van der Waals surface area contributed by atoms with E-state index in [0.29, 0.717) is 5.88 Å². The fraction of sp³-hybridized carbons (Fsp3) is 0.636. The van der Waals surface area contributed by atoms with Crippen LogP contribution in [0.5, 0.6) is 0 Å². The minimum Gasteiger partial charge on any atom is -0.341 e. The largest absolute Gasteiger partial charge is 0.341 e.